The number of esters is 1. The Morgan fingerprint density at radius 3 is 2.70 bits per heavy atom. The number of hydrogen-bond acceptors (Lipinski definition) is 4. The summed E-state index contributed by atoms with van der Waals surface area (Å²) in [5.74, 6) is -0.398. The third-order valence-corrected chi connectivity index (χ3v) is 3.04. The molecule has 20 heavy (non-hydrogen) atoms. The number of rotatable bonds is 3. The molecule has 1 amide bonds. The molecule has 1 heterocycles. The summed E-state index contributed by atoms with van der Waals surface area (Å²) < 4.78 is 9.88. The number of amides is 1. The molecule has 0 radical (unpaired) electrons. The summed E-state index contributed by atoms with van der Waals surface area (Å²) in [5, 5.41) is 0. The molecule has 1 aromatic rings. The van der Waals surface area contributed by atoms with Gasteiger partial charge in [0.15, 0.2) is 0 Å². The fourth-order valence-corrected chi connectivity index (χ4v) is 1.99. The van der Waals surface area contributed by atoms with Crippen LogP contribution in [0.5, 0.6) is 0 Å². The van der Waals surface area contributed by atoms with Crippen LogP contribution in [0.1, 0.15) is 18.4 Å². The van der Waals surface area contributed by atoms with Crippen LogP contribution in [0.4, 0.5) is 4.79 Å². The van der Waals surface area contributed by atoms with Gasteiger partial charge in [-0.15, -0.1) is 0 Å². The molecule has 5 heteroatoms. The predicted octanol–water partition coefficient (Wildman–Crippen LogP) is 2.48. The fourth-order valence-electron chi connectivity index (χ4n) is 1.99. The van der Waals surface area contributed by atoms with Crippen LogP contribution in [0.25, 0.3) is 0 Å². The Hall–Kier alpha value is -2.30. The number of carbonyl (C=O) groups excluding carboxylic acids is 2. The molecular formula is C15H17NO4. The molecular weight excluding hydrogens is 258 g/mol. The Balaban J connectivity index is 1.93. The normalized spacial score (nSPS) is 14.4. The first-order valence-electron chi connectivity index (χ1n) is 6.47. The van der Waals surface area contributed by atoms with E-state index in [1.807, 2.05) is 30.3 Å². The topological polar surface area (TPSA) is 55.8 Å². The van der Waals surface area contributed by atoms with Gasteiger partial charge in [-0.25, -0.2) is 9.59 Å². The second-order valence-corrected chi connectivity index (χ2v) is 4.48. The maximum atomic E-state index is 11.9. The lowest BCUT2D eigenvalue weighted by molar-refractivity contribution is -0.136. The van der Waals surface area contributed by atoms with Crippen LogP contribution in [0.3, 0.4) is 0 Å². The number of carbonyl (C=O) groups is 2. The molecule has 1 aliphatic heterocycles. The predicted molar refractivity (Wildman–Crippen MR) is 72.7 cm³/mol. The summed E-state index contributed by atoms with van der Waals surface area (Å²) in [6.45, 7) is 0.770. The van der Waals surface area contributed by atoms with E-state index < -0.39 is 12.1 Å². The molecule has 0 bridgehead atoms. The van der Waals surface area contributed by atoms with E-state index in [-0.39, 0.29) is 6.61 Å². The zero-order valence-electron chi connectivity index (χ0n) is 11.4. The van der Waals surface area contributed by atoms with E-state index in [1.54, 1.807) is 0 Å². The summed E-state index contributed by atoms with van der Waals surface area (Å²) in [7, 11) is 1.33. The minimum absolute atomic E-state index is 0.220. The van der Waals surface area contributed by atoms with Gasteiger partial charge in [-0.2, -0.15) is 0 Å². The van der Waals surface area contributed by atoms with E-state index in [2.05, 4.69) is 4.74 Å². The van der Waals surface area contributed by atoms with Gasteiger partial charge in [0.05, 0.1) is 12.7 Å². The summed E-state index contributed by atoms with van der Waals surface area (Å²) in [6, 6.07) is 9.46. The molecule has 2 rings (SSSR count). The molecule has 1 aromatic carbocycles. The van der Waals surface area contributed by atoms with Crippen LogP contribution < -0.4 is 0 Å². The van der Waals surface area contributed by atoms with E-state index in [9.17, 15) is 9.59 Å². The number of hydrogen-bond donors (Lipinski definition) is 0. The highest BCUT2D eigenvalue weighted by atomic mass is 16.6. The SMILES string of the molecule is COC(=O)C1=CN(C(=O)OCc2ccccc2)CCC1. The van der Waals surface area contributed by atoms with Gasteiger partial charge in [-0.3, -0.25) is 4.90 Å². The van der Waals surface area contributed by atoms with E-state index in [0.29, 0.717) is 18.5 Å². The molecule has 5 nitrogen and oxygen atoms in total. The van der Waals surface area contributed by atoms with Crippen molar-refractivity contribution in [1.82, 2.24) is 4.90 Å². The van der Waals surface area contributed by atoms with Crippen molar-refractivity contribution in [1.29, 1.82) is 0 Å². The van der Waals surface area contributed by atoms with Gasteiger partial charge in [-0.1, -0.05) is 30.3 Å². The molecule has 0 fully saturated rings. The minimum atomic E-state index is -0.449. The second-order valence-electron chi connectivity index (χ2n) is 4.48. The maximum Gasteiger partial charge on any atom is 0.414 e. The minimum Gasteiger partial charge on any atom is -0.466 e. The van der Waals surface area contributed by atoms with Crippen molar-refractivity contribution in [2.45, 2.75) is 19.4 Å². The van der Waals surface area contributed by atoms with Crippen molar-refractivity contribution < 1.29 is 19.1 Å². The highest BCUT2D eigenvalue weighted by molar-refractivity contribution is 5.89. The van der Waals surface area contributed by atoms with E-state index in [1.165, 1.54) is 18.2 Å². The monoisotopic (exact) mass is 275 g/mol. The third-order valence-electron chi connectivity index (χ3n) is 3.04. The first-order chi connectivity index (χ1) is 9.70. The van der Waals surface area contributed by atoms with Crippen molar-refractivity contribution in [3.63, 3.8) is 0 Å². The van der Waals surface area contributed by atoms with Crippen LogP contribution in [-0.2, 0) is 20.9 Å². The van der Waals surface area contributed by atoms with Gasteiger partial charge in [0.2, 0.25) is 0 Å². The summed E-state index contributed by atoms with van der Waals surface area (Å²) in [4.78, 5) is 24.8. The van der Waals surface area contributed by atoms with Gasteiger partial charge in [0.25, 0.3) is 0 Å². The smallest absolute Gasteiger partial charge is 0.414 e. The Morgan fingerprint density at radius 2 is 2.00 bits per heavy atom. The van der Waals surface area contributed by atoms with Gasteiger partial charge < -0.3 is 9.47 Å². The van der Waals surface area contributed by atoms with Crippen molar-refractivity contribution in [3.8, 4) is 0 Å². The van der Waals surface area contributed by atoms with Gasteiger partial charge in [-0.05, 0) is 18.4 Å². The van der Waals surface area contributed by atoms with Crippen LogP contribution in [0.2, 0.25) is 0 Å². The number of ether oxygens (including phenoxy) is 2. The molecule has 0 N–H and O–H groups in total. The second kappa shape index (κ2) is 6.75. The fraction of sp³-hybridized carbons (Fsp3) is 0.333. The average Bonchev–Trinajstić information content (AvgIpc) is 2.53. The first-order valence-corrected chi connectivity index (χ1v) is 6.47. The van der Waals surface area contributed by atoms with E-state index in [0.717, 1.165) is 12.0 Å². The standard InChI is InChI=1S/C15H17NO4/c1-19-14(17)13-8-5-9-16(10-13)15(18)20-11-12-6-3-2-4-7-12/h2-4,6-7,10H,5,8-9,11H2,1H3. The Kier molecular flexibility index (Phi) is 4.76. The zero-order chi connectivity index (χ0) is 14.4. The Labute approximate surface area is 117 Å². The van der Waals surface area contributed by atoms with Gasteiger partial charge >= 0.3 is 12.1 Å². The van der Waals surface area contributed by atoms with Gasteiger partial charge in [0.1, 0.15) is 6.61 Å². The van der Waals surface area contributed by atoms with E-state index in [4.69, 9.17) is 4.74 Å². The Bertz CT molecular complexity index is 510. The first kappa shape index (κ1) is 14.1. The quantitative estimate of drug-likeness (QED) is 0.795. The summed E-state index contributed by atoms with van der Waals surface area (Å²) in [6.07, 6.45) is 2.41. The van der Waals surface area contributed by atoms with Gasteiger partial charge in [0, 0.05) is 12.7 Å². The molecule has 0 spiro atoms. The van der Waals surface area contributed by atoms with Crippen molar-refractivity contribution in [2.75, 3.05) is 13.7 Å². The highest BCUT2D eigenvalue weighted by Gasteiger charge is 2.21. The van der Waals surface area contributed by atoms with Crippen LogP contribution in [0, 0.1) is 0 Å². The lowest BCUT2D eigenvalue weighted by atomic mass is 10.1. The van der Waals surface area contributed by atoms with Crippen LogP contribution in [0.15, 0.2) is 42.1 Å². The summed E-state index contributed by atoms with van der Waals surface area (Å²) in [5.41, 5.74) is 1.42. The average molecular weight is 275 g/mol. The van der Waals surface area contributed by atoms with Crippen molar-refractivity contribution in [3.05, 3.63) is 47.7 Å². The van der Waals surface area contributed by atoms with Crippen molar-refractivity contribution in [2.24, 2.45) is 0 Å². The molecule has 0 aliphatic carbocycles. The lowest BCUT2D eigenvalue weighted by Gasteiger charge is -2.23. The Morgan fingerprint density at radius 1 is 1.25 bits per heavy atom. The number of nitrogens with zero attached hydrogens (tertiary/aromatic N) is 1. The van der Waals surface area contributed by atoms with Crippen molar-refractivity contribution >= 4 is 12.1 Å². The molecule has 106 valence electrons. The van der Waals surface area contributed by atoms with Crippen LogP contribution in [-0.4, -0.2) is 30.6 Å². The molecule has 0 unspecified atom stereocenters. The third kappa shape index (κ3) is 3.60. The molecule has 1 aliphatic rings. The highest BCUT2D eigenvalue weighted by Crippen LogP contribution is 2.17. The molecule has 0 saturated heterocycles. The summed E-state index contributed by atoms with van der Waals surface area (Å²) >= 11 is 0. The number of benzene rings is 1. The van der Waals surface area contributed by atoms with Crippen LogP contribution >= 0.6 is 0 Å². The largest absolute Gasteiger partial charge is 0.466 e. The lowest BCUT2D eigenvalue weighted by Crippen LogP contribution is -2.31. The molecule has 0 saturated carbocycles. The van der Waals surface area contributed by atoms with E-state index >= 15 is 0 Å². The number of methoxy groups -OCH3 is 1. The maximum absolute atomic E-state index is 11.9. The molecule has 0 aromatic heterocycles. The molecule has 0 atom stereocenters. The zero-order valence-corrected chi connectivity index (χ0v) is 11.4.